The lowest BCUT2D eigenvalue weighted by Gasteiger charge is -2.49. The summed E-state index contributed by atoms with van der Waals surface area (Å²) >= 11 is 0. The molecular weight excluding hydrogens is 379 g/mol. The minimum atomic E-state index is -0.350. The second kappa shape index (κ2) is 7.22. The van der Waals surface area contributed by atoms with Gasteiger partial charge in [-0.2, -0.15) is 0 Å². The van der Waals surface area contributed by atoms with Gasteiger partial charge in [-0.15, -0.1) is 0 Å². The number of amides is 2. The number of carbonyl (C=O) groups excluding carboxylic acids is 2. The third kappa shape index (κ3) is 3.21. The molecule has 2 heterocycles. The van der Waals surface area contributed by atoms with E-state index >= 15 is 0 Å². The second-order valence-electron chi connectivity index (χ2n) is 9.19. The average molecular weight is 407 g/mol. The summed E-state index contributed by atoms with van der Waals surface area (Å²) in [5.74, 6) is 0.120. The van der Waals surface area contributed by atoms with Crippen LogP contribution in [0.15, 0.2) is 54.6 Å². The standard InChI is InChI=1S/C25H27FN2O2/c26-20-8-4-5-18(15-20)21-17-27-22(29)16-24(21)11-13-28(14-12-24)23(30)25(9-10-25)19-6-2-1-3-7-19/h1-8,15,21H,9-14,16-17H2,(H,27,29)/t21-/m0/s1. The maximum Gasteiger partial charge on any atom is 0.233 e. The molecule has 2 aliphatic heterocycles. The molecular formula is C25H27FN2O2. The number of hydrogen-bond donors (Lipinski definition) is 1. The zero-order chi connectivity index (χ0) is 20.8. The predicted octanol–water partition coefficient (Wildman–Crippen LogP) is 3.77. The van der Waals surface area contributed by atoms with Crippen molar-refractivity contribution in [2.75, 3.05) is 19.6 Å². The van der Waals surface area contributed by atoms with Gasteiger partial charge < -0.3 is 10.2 Å². The Bertz CT molecular complexity index is 962. The first-order valence-electron chi connectivity index (χ1n) is 10.9. The van der Waals surface area contributed by atoms with Crippen LogP contribution in [0.2, 0.25) is 0 Å². The maximum atomic E-state index is 13.9. The van der Waals surface area contributed by atoms with E-state index in [1.807, 2.05) is 29.2 Å². The normalized spacial score (nSPS) is 24.4. The van der Waals surface area contributed by atoms with Gasteiger partial charge >= 0.3 is 0 Å². The molecule has 0 bridgehead atoms. The molecule has 3 fully saturated rings. The van der Waals surface area contributed by atoms with E-state index in [1.165, 1.54) is 6.07 Å². The lowest BCUT2D eigenvalue weighted by atomic mass is 9.62. The van der Waals surface area contributed by atoms with Crippen molar-refractivity contribution in [2.45, 2.75) is 43.4 Å². The molecule has 30 heavy (non-hydrogen) atoms. The van der Waals surface area contributed by atoms with Gasteiger partial charge in [-0.05, 0) is 54.4 Å². The highest BCUT2D eigenvalue weighted by Crippen LogP contribution is 2.52. The first-order valence-corrected chi connectivity index (χ1v) is 10.9. The molecule has 1 aliphatic carbocycles. The van der Waals surface area contributed by atoms with Crippen LogP contribution in [0.4, 0.5) is 4.39 Å². The summed E-state index contributed by atoms with van der Waals surface area (Å²) in [6, 6.07) is 16.8. The van der Waals surface area contributed by atoms with Gasteiger partial charge in [0.15, 0.2) is 0 Å². The fraction of sp³-hybridized carbons (Fsp3) is 0.440. The Morgan fingerprint density at radius 1 is 1.00 bits per heavy atom. The van der Waals surface area contributed by atoms with E-state index in [0.717, 1.165) is 36.8 Å². The van der Waals surface area contributed by atoms with Crippen molar-refractivity contribution in [3.63, 3.8) is 0 Å². The van der Waals surface area contributed by atoms with Crippen LogP contribution in [0.25, 0.3) is 0 Å². The number of halogens is 1. The summed E-state index contributed by atoms with van der Waals surface area (Å²) in [5, 5.41) is 2.97. The van der Waals surface area contributed by atoms with E-state index in [9.17, 15) is 14.0 Å². The number of benzene rings is 2. The van der Waals surface area contributed by atoms with E-state index in [4.69, 9.17) is 0 Å². The van der Waals surface area contributed by atoms with Crippen LogP contribution in [-0.4, -0.2) is 36.3 Å². The molecule has 4 nitrogen and oxygen atoms in total. The van der Waals surface area contributed by atoms with Crippen LogP contribution in [0.1, 0.15) is 49.1 Å². The maximum absolute atomic E-state index is 13.9. The van der Waals surface area contributed by atoms with Gasteiger partial charge in [0.2, 0.25) is 11.8 Å². The summed E-state index contributed by atoms with van der Waals surface area (Å²) in [5.41, 5.74) is 1.50. The van der Waals surface area contributed by atoms with Crippen LogP contribution in [0, 0.1) is 11.2 Å². The quantitative estimate of drug-likeness (QED) is 0.844. The smallest absolute Gasteiger partial charge is 0.233 e. The average Bonchev–Trinajstić information content (AvgIpc) is 3.57. The molecule has 0 radical (unpaired) electrons. The monoisotopic (exact) mass is 406 g/mol. The minimum Gasteiger partial charge on any atom is -0.355 e. The predicted molar refractivity (Wildman–Crippen MR) is 112 cm³/mol. The molecule has 5 rings (SSSR count). The van der Waals surface area contributed by atoms with Crippen molar-refractivity contribution < 1.29 is 14.0 Å². The molecule has 2 saturated heterocycles. The lowest BCUT2D eigenvalue weighted by molar-refractivity contribution is -0.138. The third-order valence-electron chi connectivity index (χ3n) is 7.54. The number of rotatable bonds is 3. The second-order valence-corrected chi connectivity index (χ2v) is 9.19. The largest absolute Gasteiger partial charge is 0.355 e. The molecule has 1 spiro atoms. The van der Waals surface area contributed by atoms with Crippen LogP contribution < -0.4 is 5.32 Å². The molecule has 2 amide bonds. The Hall–Kier alpha value is -2.69. The van der Waals surface area contributed by atoms with Crippen molar-refractivity contribution in [1.82, 2.24) is 10.2 Å². The van der Waals surface area contributed by atoms with Crippen LogP contribution in [0.3, 0.4) is 0 Å². The Morgan fingerprint density at radius 3 is 2.40 bits per heavy atom. The van der Waals surface area contributed by atoms with Crippen molar-refractivity contribution in [1.29, 1.82) is 0 Å². The van der Waals surface area contributed by atoms with Gasteiger partial charge in [-0.1, -0.05) is 42.5 Å². The first-order chi connectivity index (χ1) is 14.5. The van der Waals surface area contributed by atoms with E-state index in [-0.39, 0.29) is 34.4 Å². The summed E-state index contributed by atoms with van der Waals surface area (Å²) < 4.78 is 13.9. The van der Waals surface area contributed by atoms with Crippen molar-refractivity contribution in [2.24, 2.45) is 5.41 Å². The highest BCUT2D eigenvalue weighted by Gasteiger charge is 2.54. The SMILES string of the molecule is O=C1CC2(CCN(C(=O)C3(c4ccccc4)CC3)CC2)[C@H](c2cccc(F)c2)CN1. The molecule has 2 aromatic rings. The molecule has 1 N–H and O–H groups in total. The lowest BCUT2D eigenvalue weighted by Crippen LogP contribution is -2.54. The van der Waals surface area contributed by atoms with Gasteiger partial charge in [0, 0.05) is 32.0 Å². The summed E-state index contributed by atoms with van der Waals surface area (Å²) in [6.45, 7) is 1.85. The highest BCUT2D eigenvalue weighted by molar-refractivity contribution is 5.91. The van der Waals surface area contributed by atoms with E-state index in [0.29, 0.717) is 26.1 Å². The first kappa shape index (κ1) is 19.3. The number of piperidine rings is 2. The third-order valence-corrected chi connectivity index (χ3v) is 7.54. The Balaban J connectivity index is 1.35. The minimum absolute atomic E-state index is 0.0605. The molecule has 0 unspecified atom stereocenters. The Morgan fingerprint density at radius 2 is 1.73 bits per heavy atom. The summed E-state index contributed by atoms with van der Waals surface area (Å²) in [7, 11) is 0. The number of nitrogens with zero attached hydrogens (tertiary/aromatic N) is 1. The van der Waals surface area contributed by atoms with Crippen LogP contribution in [-0.2, 0) is 15.0 Å². The Kier molecular flexibility index (Phi) is 4.64. The highest BCUT2D eigenvalue weighted by atomic mass is 19.1. The van der Waals surface area contributed by atoms with Crippen molar-refractivity contribution >= 4 is 11.8 Å². The molecule has 1 saturated carbocycles. The topological polar surface area (TPSA) is 49.4 Å². The van der Waals surface area contributed by atoms with Crippen molar-refractivity contribution in [3.05, 3.63) is 71.5 Å². The van der Waals surface area contributed by atoms with E-state index < -0.39 is 0 Å². The number of carbonyl (C=O) groups is 2. The zero-order valence-electron chi connectivity index (χ0n) is 17.1. The van der Waals surface area contributed by atoms with Gasteiger partial charge in [-0.3, -0.25) is 9.59 Å². The zero-order valence-corrected chi connectivity index (χ0v) is 17.1. The fourth-order valence-corrected chi connectivity index (χ4v) is 5.62. The molecule has 1 atom stereocenters. The summed E-state index contributed by atoms with van der Waals surface area (Å²) in [4.78, 5) is 27.7. The van der Waals surface area contributed by atoms with Gasteiger partial charge in [0.1, 0.15) is 5.82 Å². The number of likely N-dealkylation sites (tertiary alicyclic amines) is 1. The van der Waals surface area contributed by atoms with E-state index in [1.54, 1.807) is 12.1 Å². The molecule has 156 valence electrons. The van der Waals surface area contributed by atoms with Crippen LogP contribution >= 0.6 is 0 Å². The number of nitrogens with one attached hydrogen (secondary N) is 1. The molecule has 3 aliphatic rings. The fourth-order valence-electron chi connectivity index (χ4n) is 5.62. The van der Waals surface area contributed by atoms with Crippen molar-refractivity contribution in [3.8, 4) is 0 Å². The Labute approximate surface area is 176 Å². The molecule has 0 aromatic heterocycles. The summed E-state index contributed by atoms with van der Waals surface area (Å²) in [6.07, 6.45) is 3.81. The van der Waals surface area contributed by atoms with Gasteiger partial charge in [0.25, 0.3) is 0 Å². The van der Waals surface area contributed by atoms with Gasteiger partial charge in [0.05, 0.1) is 5.41 Å². The van der Waals surface area contributed by atoms with Crippen LogP contribution in [0.5, 0.6) is 0 Å². The molecule has 2 aromatic carbocycles. The van der Waals surface area contributed by atoms with Gasteiger partial charge in [-0.25, -0.2) is 4.39 Å². The number of hydrogen-bond acceptors (Lipinski definition) is 2. The molecule has 5 heteroatoms. The van der Waals surface area contributed by atoms with E-state index in [2.05, 4.69) is 17.4 Å².